The van der Waals surface area contributed by atoms with Crippen LogP contribution < -0.4 is 0 Å². The van der Waals surface area contributed by atoms with Crippen molar-refractivity contribution in [2.24, 2.45) is 0 Å². The molecule has 0 aliphatic rings. The van der Waals surface area contributed by atoms with Gasteiger partial charge in [0, 0.05) is 0 Å². The van der Waals surface area contributed by atoms with Crippen molar-refractivity contribution < 1.29 is 0 Å². The molecule has 0 spiro atoms. The van der Waals surface area contributed by atoms with Gasteiger partial charge in [0.05, 0.1) is 0 Å². The molecular formula is C4H10NaP. The van der Waals surface area contributed by atoms with Crippen molar-refractivity contribution >= 4 is 38.8 Å². The summed E-state index contributed by atoms with van der Waals surface area (Å²) in [4.78, 5) is 0. The van der Waals surface area contributed by atoms with E-state index in [1.165, 1.54) is 0 Å². The first kappa shape index (κ1) is 10.4. The standard InChI is InChI=1S/C4H9P.Na.H/c1-4(2,3)5;;/h1-3H3;;. The van der Waals surface area contributed by atoms with Gasteiger partial charge in [-0.25, -0.2) is 0 Å². The van der Waals surface area contributed by atoms with Crippen LogP contribution in [0.15, 0.2) is 0 Å². The Morgan fingerprint density at radius 3 is 1.17 bits per heavy atom. The van der Waals surface area contributed by atoms with Crippen LogP contribution in [0.5, 0.6) is 0 Å². The molecule has 0 unspecified atom stereocenters. The Bertz CT molecular complexity index is 23.0. The van der Waals surface area contributed by atoms with Gasteiger partial charge in [0.15, 0.2) is 0 Å². The zero-order valence-electron chi connectivity index (χ0n) is 3.95. The van der Waals surface area contributed by atoms with Crippen LogP contribution in [-0.4, -0.2) is 34.7 Å². The minimum atomic E-state index is 0. The van der Waals surface area contributed by atoms with Crippen molar-refractivity contribution in [2.45, 2.75) is 25.9 Å². The molecule has 32 valence electrons. The fraction of sp³-hybridized carbons (Fsp3) is 1.00. The van der Waals surface area contributed by atoms with Crippen molar-refractivity contribution in [3.63, 3.8) is 0 Å². The third-order valence-electron chi connectivity index (χ3n) is 0. The van der Waals surface area contributed by atoms with Crippen LogP contribution in [0, 0.1) is 0 Å². The third kappa shape index (κ3) is 52.1. The molecule has 0 amide bonds. The fourth-order valence-corrected chi connectivity index (χ4v) is 0. The monoisotopic (exact) mass is 112 g/mol. The van der Waals surface area contributed by atoms with Crippen molar-refractivity contribution in [3.8, 4) is 0 Å². The summed E-state index contributed by atoms with van der Waals surface area (Å²) in [5.74, 6) is 0. The summed E-state index contributed by atoms with van der Waals surface area (Å²) < 4.78 is 0. The first-order valence-corrected chi connectivity index (χ1v) is 2.17. The molecule has 0 saturated heterocycles. The van der Waals surface area contributed by atoms with E-state index in [4.69, 9.17) is 0 Å². The van der Waals surface area contributed by atoms with E-state index in [1.54, 1.807) is 0 Å². The second-order valence-electron chi connectivity index (χ2n) is 2.17. The summed E-state index contributed by atoms with van der Waals surface area (Å²) in [6.45, 7) is 6.16. The summed E-state index contributed by atoms with van der Waals surface area (Å²) in [6, 6.07) is 0. The molecule has 0 fully saturated rings. The predicted molar refractivity (Wildman–Crippen MR) is 33.8 cm³/mol. The van der Waals surface area contributed by atoms with Gasteiger partial charge in [-0.05, 0) is 14.4 Å². The summed E-state index contributed by atoms with van der Waals surface area (Å²) in [7, 11) is 4.12. The molecule has 0 heterocycles. The van der Waals surface area contributed by atoms with Crippen LogP contribution in [0.4, 0.5) is 0 Å². The fourth-order valence-electron chi connectivity index (χ4n) is 0. The Balaban J connectivity index is 0. The van der Waals surface area contributed by atoms with Crippen LogP contribution in [0.2, 0.25) is 0 Å². The molecule has 2 radical (unpaired) electrons. The molecule has 0 rings (SSSR count). The molecule has 0 N–H and O–H groups in total. The molecule has 0 saturated carbocycles. The van der Waals surface area contributed by atoms with Gasteiger partial charge in [-0.2, -0.15) is 0 Å². The Morgan fingerprint density at radius 2 is 1.17 bits per heavy atom. The van der Waals surface area contributed by atoms with E-state index in [2.05, 4.69) is 30.0 Å². The molecular weight excluding hydrogens is 102 g/mol. The molecule has 2 heteroatoms. The van der Waals surface area contributed by atoms with E-state index in [0.717, 1.165) is 0 Å². The van der Waals surface area contributed by atoms with Crippen molar-refractivity contribution in [1.29, 1.82) is 0 Å². The van der Waals surface area contributed by atoms with Gasteiger partial charge >= 0.3 is 29.6 Å². The summed E-state index contributed by atoms with van der Waals surface area (Å²) in [5, 5.41) is 0.194. The Morgan fingerprint density at radius 1 is 1.17 bits per heavy atom. The molecule has 0 aliphatic carbocycles. The molecule has 0 aromatic heterocycles. The Labute approximate surface area is 64.6 Å². The van der Waals surface area contributed by atoms with Gasteiger partial charge in [0.1, 0.15) is 0 Å². The Kier molecular flexibility index (Phi) is 5.96. The van der Waals surface area contributed by atoms with Crippen LogP contribution in [0.3, 0.4) is 0 Å². The quantitative estimate of drug-likeness (QED) is 0.329. The first-order chi connectivity index (χ1) is 2.00. The van der Waals surface area contributed by atoms with Crippen LogP contribution in [-0.2, 0) is 0 Å². The van der Waals surface area contributed by atoms with Crippen LogP contribution in [0.1, 0.15) is 20.8 Å². The predicted octanol–water partition coefficient (Wildman–Crippen LogP) is 1.55. The number of rotatable bonds is 0. The van der Waals surface area contributed by atoms with Crippen LogP contribution >= 0.6 is 9.24 Å². The minimum absolute atomic E-state index is 0. The third-order valence-corrected chi connectivity index (χ3v) is 0. The van der Waals surface area contributed by atoms with E-state index in [1.807, 2.05) is 0 Å². The normalized spacial score (nSPS) is 10.0. The van der Waals surface area contributed by atoms with Gasteiger partial charge in [-0.1, -0.05) is 20.8 Å². The first-order valence-electron chi connectivity index (χ1n) is 1.72. The topological polar surface area (TPSA) is 0 Å². The van der Waals surface area contributed by atoms with Gasteiger partial charge in [-0.3, -0.25) is 0 Å². The summed E-state index contributed by atoms with van der Waals surface area (Å²) in [5.41, 5.74) is 0. The summed E-state index contributed by atoms with van der Waals surface area (Å²) in [6.07, 6.45) is 0. The molecule has 0 bridgehead atoms. The van der Waals surface area contributed by atoms with Gasteiger partial charge in [0.2, 0.25) is 0 Å². The van der Waals surface area contributed by atoms with E-state index in [-0.39, 0.29) is 34.7 Å². The van der Waals surface area contributed by atoms with E-state index in [9.17, 15) is 0 Å². The van der Waals surface area contributed by atoms with E-state index < -0.39 is 0 Å². The molecule has 0 aromatic rings. The Hall–Kier alpha value is 1.43. The van der Waals surface area contributed by atoms with E-state index >= 15 is 0 Å². The number of hydrogen-bond acceptors (Lipinski definition) is 0. The maximum absolute atomic E-state index is 4.12. The van der Waals surface area contributed by atoms with Gasteiger partial charge < -0.3 is 0 Å². The van der Waals surface area contributed by atoms with Gasteiger partial charge in [-0.15, -0.1) is 0 Å². The summed E-state index contributed by atoms with van der Waals surface area (Å²) >= 11 is 0. The average Bonchev–Trinajstić information content (AvgIpc) is 0.722. The molecule has 0 nitrogen and oxygen atoms in total. The molecule has 0 atom stereocenters. The second-order valence-corrected chi connectivity index (χ2v) is 3.51. The zero-order valence-corrected chi connectivity index (χ0v) is 4.84. The van der Waals surface area contributed by atoms with Crippen molar-refractivity contribution in [1.82, 2.24) is 0 Å². The molecule has 6 heavy (non-hydrogen) atoms. The zero-order chi connectivity index (χ0) is 4.50. The van der Waals surface area contributed by atoms with Gasteiger partial charge in [0.25, 0.3) is 0 Å². The molecule has 0 aliphatic heterocycles. The van der Waals surface area contributed by atoms with E-state index in [0.29, 0.717) is 0 Å². The van der Waals surface area contributed by atoms with Crippen molar-refractivity contribution in [2.75, 3.05) is 0 Å². The molecule has 0 aromatic carbocycles. The van der Waals surface area contributed by atoms with Crippen molar-refractivity contribution in [3.05, 3.63) is 0 Å². The second kappa shape index (κ2) is 3.43. The average molecular weight is 112 g/mol. The van der Waals surface area contributed by atoms with Crippen LogP contribution in [0.25, 0.3) is 0 Å². The maximum atomic E-state index is 4.12. The SMILES string of the molecule is CC(C)(C)[P].[NaH]. The number of hydrogen-bond donors (Lipinski definition) is 0.